The average Bonchev–Trinajstić information content (AvgIpc) is 2.75. The summed E-state index contributed by atoms with van der Waals surface area (Å²) in [5.41, 5.74) is 1.68. The van der Waals surface area contributed by atoms with Crippen LogP contribution in [0.4, 0.5) is 9.18 Å². The highest BCUT2D eigenvalue weighted by Crippen LogP contribution is 2.27. The van der Waals surface area contributed by atoms with Crippen molar-refractivity contribution in [1.29, 1.82) is 0 Å². The highest BCUT2D eigenvalue weighted by Gasteiger charge is 2.35. The molecule has 2 aromatic carbocycles. The Balaban J connectivity index is 1.85. The number of likely N-dealkylation sites (N-methyl/N-ethyl adjacent to an activating group) is 1. The van der Waals surface area contributed by atoms with Gasteiger partial charge in [0.05, 0.1) is 12.5 Å². The Morgan fingerprint density at radius 3 is 2.47 bits per heavy atom. The number of hydrogen-bond donors (Lipinski definition) is 3. The zero-order valence-electron chi connectivity index (χ0n) is 17.5. The highest BCUT2D eigenvalue weighted by molar-refractivity contribution is 6.16. The van der Waals surface area contributed by atoms with Crippen molar-refractivity contribution < 1.29 is 28.7 Å². The number of halogens is 1. The molecule has 1 heterocycles. The summed E-state index contributed by atoms with van der Waals surface area (Å²) in [7, 11) is 1.45. The van der Waals surface area contributed by atoms with Gasteiger partial charge in [-0.25, -0.2) is 9.18 Å². The summed E-state index contributed by atoms with van der Waals surface area (Å²) in [6, 6.07) is 9.65. The first-order chi connectivity index (χ1) is 15.2. The molecule has 1 aliphatic heterocycles. The molecule has 3 rings (SSSR count). The molecule has 2 atom stereocenters. The van der Waals surface area contributed by atoms with E-state index in [2.05, 4.69) is 10.6 Å². The normalized spacial score (nSPS) is 16.9. The Bertz CT molecular complexity index is 1100. The smallest absolute Gasteiger partial charge is 0.316 e. The van der Waals surface area contributed by atoms with Gasteiger partial charge in [0.15, 0.2) is 11.8 Å². The zero-order chi connectivity index (χ0) is 23.4. The lowest BCUT2D eigenvalue weighted by molar-refractivity contribution is -0.138. The second-order valence-corrected chi connectivity index (χ2v) is 7.43. The van der Waals surface area contributed by atoms with Gasteiger partial charge < -0.3 is 20.6 Å². The zero-order valence-corrected chi connectivity index (χ0v) is 17.5. The summed E-state index contributed by atoms with van der Waals surface area (Å²) in [4.78, 5) is 49.7. The van der Waals surface area contributed by atoms with Gasteiger partial charge >= 0.3 is 12.0 Å². The minimum absolute atomic E-state index is 0.0293. The lowest BCUT2D eigenvalue weighted by Crippen LogP contribution is -2.56. The van der Waals surface area contributed by atoms with Crippen molar-refractivity contribution in [3.63, 3.8) is 0 Å². The van der Waals surface area contributed by atoms with Crippen LogP contribution in [0.2, 0.25) is 0 Å². The number of Topliss-reactive ketones (excluding diaryl/α,β-unsaturated/α-hetero) is 1. The van der Waals surface area contributed by atoms with E-state index >= 15 is 0 Å². The molecule has 166 valence electrons. The molecular weight excluding hydrogens is 417 g/mol. The Morgan fingerprint density at radius 1 is 1.12 bits per heavy atom. The van der Waals surface area contributed by atoms with Gasteiger partial charge in [-0.15, -0.1) is 0 Å². The molecule has 9 heteroatoms. The standard InChI is InChI=1S/C23H22FN3O5/c1-13-12-27(2)22(31)20(21(13)30)26-23(32)25-18(11-19(28)29)16-10-15(8-9-17(16)24)14-6-4-3-5-7-14/h3-10,12,18,20H,11H2,1-2H3,(H,28,29)(H2,25,26,32). The number of amides is 3. The van der Waals surface area contributed by atoms with E-state index in [1.165, 1.54) is 37.2 Å². The van der Waals surface area contributed by atoms with Gasteiger partial charge in [-0.2, -0.15) is 0 Å². The Labute approximate surface area is 183 Å². The first-order valence-electron chi connectivity index (χ1n) is 9.80. The van der Waals surface area contributed by atoms with Crippen LogP contribution in [0.25, 0.3) is 11.1 Å². The van der Waals surface area contributed by atoms with Gasteiger partial charge in [0.25, 0.3) is 5.91 Å². The number of carbonyl (C=O) groups excluding carboxylic acids is 3. The maximum atomic E-state index is 14.6. The van der Waals surface area contributed by atoms with E-state index in [1.807, 2.05) is 30.3 Å². The third-order valence-corrected chi connectivity index (χ3v) is 5.07. The molecule has 2 aromatic rings. The molecule has 0 spiro atoms. The maximum Gasteiger partial charge on any atom is 0.316 e. The van der Waals surface area contributed by atoms with Crippen LogP contribution in [0.5, 0.6) is 0 Å². The molecule has 8 nitrogen and oxygen atoms in total. The Hall–Kier alpha value is -4.01. The van der Waals surface area contributed by atoms with Crippen molar-refractivity contribution in [3.8, 4) is 11.1 Å². The summed E-state index contributed by atoms with van der Waals surface area (Å²) < 4.78 is 14.6. The van der Waals surface area contributed by atoms with Crippen molar-refractivity contribution in [2.45, 2.75) is 25.4 Å². The third-order valence-electron chi connectivity index (χ3n) is 5.07. The monoisotopic (exact) mass is 439 g/mol. The summed E-state index contributed by atoms with van der Waals surface area (Å²) in [6.45, 7) is 1.51. The van der Waals surface area contributed by atoms with Crippen molar-refractivity contribution in [2.75, 3.05) is 7.05 Å². The predicted molar refractivity (Wildman–Crippen MR) is 114 cm³/mol. The molecule has 0 bridgehead atoms. The maximum absolute atomic E-state index is 14.6. The number of carbonyl (C=O) groups is 4. The molecule has 0 radical (unpaired) electrons. The van der Waals surface area contributed by atoms with E-state index in [0.29, 0.717) is 5.56 Å². The van der Waals surface area contributed by atoms with Crippen molar-refractivity contribution in [2.24, 2.45) is 0 Å². The van der Waals surface area contributed by atoms with Gasteiger partial charge in [-0.05, 0) is 30.2 Å². The largest absolute Gasteiger partial charge is 0.481 e. The number of carboxylic acid groups (broad SMARTS) is 1. The van der Waals surface area contributed by atoms with E-state index in [9.17, 15) is 28.7 Å². The third kappa shape index (κ3) is 5.00. The second kappa shape index (κ2) is 9.42. The van der Waals surface area contributed by atoms with Crippen LogP contribution >= 0.6 is 0 Å². The Morgan fingerprint density at radius 2 is 1.81 bits per heavy atom. The number of aliphatic carboxylic acids is 1. The predicted octanol–water partition coefficient (Wildman–Crippen LogP) is 2.62. The number of rotatable bonds is 6. The van der Waals surface area contributed by atoms with E-state index in [0.717, 1.165) is 5.56 Å². The van der Waals surface area contributed by atoms with Crippen LogP contribution in [0.1, 0.15) is 24.9 Å². The lowest BCUT2D eigenvalue weighted by Gasteiger charge is -2.27. The quantitative estimate of drug-likeness (QED) is 0.599. The number of nitrogens with zero attached hydrogens (tertiary/aromatic N) is 1. The fraction of sp³-hybridized carbons (Fsp3) is 0.217. The van der Waals surface area contributed by atoms with E-state index in [4.69, 9.17) is 0 Å². The number of ketones is 1. The van der Waals surface area contributed by atoms with E-state index < -0.39 is 48.0 Å². The van der Waals surface area contributed by atoms with Gasteiger partial charge in [0.1, 0.15) is 5.82 Å². The topological polar surface area (TPSA) is 116 Å². The van der Waals surface area contributed by atoms with Gasteiger partial charge in [0, 0.05) is 24.4 Å². The number of hydrogen-bond acceptors (Lipinski definition) is 4. The molecule has 3 N–H and O–H groups in total. The van der Waals surface area contributed by atoms with Crippen LogP contribution in [-0.4, -0.2) is 46.8 Å². The van der Waals surface area contributed by atoms with Crippen molar-refractivity contribution >= 4 is 23.7 Å². The fourth-order valence-corrected chi connectivity index (χ4v) is 3.45. The van der Waals surface area contributed by atoms with Crippen LogP contribution in [0.3, 0.4) is 0 Å². The average molecular weight is 439 g/mol. The van der Waals surface area contributed by atoms with Gasteiger partial charge in [-0.1, -0.05) is 36.4 Å². The molecule has 0 saturated carbocycles. The van der Waals surface area contributed by atoms with Crippen LogP contribution < -0.4 is 10.6 Å². The number of nitrogens with one attached hydrogen (secondary N) is 2. The summed E-state index contributed by atoms with van der Waals surface area (Å²) in [5.74, 6) is -3.17. The number of urea groups is 1. The lowest BCUT2D eigenvalue weighted by atomic mass is 9.97. The molecule has 0 saturated heterocycles. The molecule has 2 unspecified atom stereocenters. The summed E-state index contributed by atoms with van der Waals surface area (Å²) in [6.07, 6.45) is 0.756. The fourth-order valence-electron chi connectivity index (χ4n) is 3.45. The van der Waals surface area contributed by atoms with Crippen molar-refractivity contribution in [1.82, 2.24) is 15.5 Å². The summed E-state index contributed by atoms with van der Waals surface area (Å²) in [5, 5.41) is 14.0. The van der Waals surface area contributed by atoms with Gasteiger partial charge in [0.2, 0.25) is 0 Å². The second-order valence-electron chi connectivity index (χ2n) is 7.43. The minimum atomic E-state index is -1.45. The number of carboxylic acids is 1. The summed E-state index contributed by atoms with van der Waals surface area (Å²) >= 11 is 0. The van der Waals surface area contributed by atoms with Crippen LogP contribution in [-0.2, 0) is 14.4 Å². The molecule has 0 aliphatic carbocycles. The first-order valence-corrected chi connectivity index (χ1v) is 9.80. The minimum Gasteiger partial charge on any atom is -0.481 e. The van der Waals surface area contributed by atoms with Gasteiger partial charge in [-0.3, -0.25) is 14.4 Å². The van der Waals surface area contributed by atoms with E-state index in [1.54, 1.807) is 6.07 Å². The molecular formula is C23H22FN3O5. The van der Waals surface area contributed by atoms with Crippen molar-refractivity contribution in [3.05, 3.63) is 71.7 Å². The van der Waals surface area contributed by atoms with Crippen LogP contribution in [0, 0.1) is 5.82 Å². The molecule has 0 fully saturated rings. The Kier molecular flexibility index (Phi) is 6.67. The molecule has 1 aliphatic rings. The highest BCUT2D eigenvalue weighted by atomic mass is 19.1. The molecule has 3 amide bonds. The first kappa shape index (κ1) is 22.7. The molecule has 32 heavy (non-hydrogen) atoms. The van der Waals surface area contributed by atoms with Crippen LogP contribution in [0.15, 0.2) is 60.3 Å². The van der Waals surface area contributed by atoms with E-state index in [-0.39, 0.29) is 11.1 Å². The SMILES string of the molecule is CC1=CN(C)C(=O)C(NC(=O)NC(CC(=O)O)c2cc(-c3ccccc3)ccc2F)C1=O. The molecule has 0 aromatic heterocycles. The number of benzene rings is 2.